The quantitative estimate of drug-likeness (QED) is 0.691. The Morgan fingerprint density at radius 2 is 1.71 bits per heavy atom. The van der Waals surface area contributed by atoms with Gasteiger partial charge in [-0.2, -0.15) is 0 Å². The lowest BCUT2D eigenvalue weighted by atomic mass is 9.96. The highest BCUT2D eigenvalue weighted by molar-refractivity contribution is 7.94. The predicted molar refractivity (Wildman–Crippen MR) is 121 cm³/mol. The molecule has 2 heterocycles. The maximum absolute atomic E-state index is 12.8. The van der Waals surface area contributed by atoms with Crippen LogP contribution in [-0.2, 0) is 19.6 Å². The smallest absolute Gasteiger partial charge is 0.410 e. The van der Waals surface area contributed by atoms with E-state index in [1.54, 1.807) is 40.6 Å². The van der Waals surface area contributed by atoms with Gasteiger partial charge in [0.2, 0.25) is 5.91 Å². The third-order valence-electron chi connectivity index (χ3n) is 4.71. The maximum atomic E-state index is 12.8. The number of hydrogen-bond donors (Lipinski definition) is 2. The lowest BCUT2D eigenvalue weighted by molar-refractivity contribution is -0.121. The van der Waals surface area contributed by atoms with Gasteiger partial charge in [0.25, 0.3) is 10.0 Å². The van der Waals surface area contributed by atoms with Crippen molar-refractivity contribution in [3.63, 3.8) is 0 Å². The minimum Gasteiger partial charge on any atom is -0.444 e. The van der Waals surface area contributed by atoms with Crippen molar-refractivity contribution in [3.8, 4) is 0 Å². The molecule has 1 aliphatic rings. The highest BCUT2D eigenvalue weighted by atomic mass is 32.2. The SMILES string of the molecule is CC(C)(C)OC(=O)N1CCC(C(=O)Nc2ccccc2NS(=O)(=O)c2cccs2)CC1. The lowest BCUT2D eigenvalue weighted by Gasteiger charge is -2.33. The van der Waals surface area contributed by atoms with Gasteiger partial charge in [-0.25, -0.2) is 13.2 Å². The van der Waals surface area contributed by atoms with Crippen LogP contribution in [0.5, 0.6) is 0 Å². The molecule has 2 N–H and O–H groups in total. The average molecular weight is 466 g/mol. The number of anilines is 2. The van der Waals surface area contributed by atoms with E-state index < -0.39 is 15.6 Å². The molecule has 1 fully saturated rings. The normalized spacial score (nSPS) is 15.4. The highest BCUT2D eigenvalue weighted by Crippen LogP contribution is 2.28. The summed E-state index contributed by atoms with van der Waals surface area (Å²) in [7, 11) is -3.73. The number of carbonyl (C=O) groups excluding carboxylic acids is 2. The van der Waals surface area contributed by atoms with E-state index >= 15 is 0 Å². The van der Waals surface area contributed by atoms with E-state index in [1.165, 1.54) is 6.07 Å². The number of nitrogens with one attached hydrogen (secondary N) is 2. The molecule has 0 spiro atoms. The molecule has 0 unspecified atom stereocenters. The van der Waals surface area contributed by atoms with E-state index in [2.05, 4.69) is 10.0 Å². The Balaban J connectivity index is 1.61. The van der Waals surface area contributed by atoms with Gasteiger partial charge in [-0.05, 0) is 57.2 Å². The Kier molecular flexibility index (Phi) is 6.90. The van der Waals surface area contributed by atoms with Crippen LogP contribution < -0.4 is 10.0 Å². The van der Waals surface area contributed by atoms with E-state index in [4.69, 9.17) is 4.74 Å². The van der Waals surface area contributed by atoms with Gasteiger partial charge in [-0.15, -0.1) is 11.3 Å². The number of piperidine rings is 1. The van der Waals surface area contributed by atoms with Crippen molar-refractivity contribution in [1.82, 2.24) is 4.90 Å². The van der Waals surface area contributed by atoms with Gasteiger partial charge in [0.15, 0.2) is 0 Å². The number of amides is 2. The Morgan fingerprint density at radius 1 is 1.06 bits per heavy atom. The zero-order chi connectivity index (χ0) is 22.6. The molecule has 2 amide bonds. The standard InChI is InChI=1S/C21H27N3O5S2/c1-21(2,3)29-20(26)24-12-10-15(11-13-24)19(25)22-16-7-4-5-8-17(16)23-31(27,28)18-9-6-14-30-18/h4-9,14-15,23H,10-13H2,1-3H3,(H,22,25). The monoisotopic (exact) mass is 465 g/mol. The van der Waals surface area contributed by atoms with Crippen LogP contribution in [0.3, 0.4) is 0 Å². The van der Waals surface area contributed by atoms with Crippen molar-refractivity contribution in [3.05, 3.63) is 41.8 Å². The number of ether oxygens (including phenoxy) is 1. The van der Waals surface area contributed by atoms with Crippen molar-refractivity contribution in [1.29, 1.82) is 0 Å². The number of carbonyl (C=O) groups is 2. The molecule has 0 atom stereocenters. The zero-order valence-corrected chi connectivity index (χ0v) is 19.4. The van der Waals surface area contributed by atoms with Gasteiger partial charge in [0, 0.05) is 19.0 Å². The molecule has 168 valence electrons. The Hall–Kier alpha value is -2.59. The molecule has 31 heavy (non-hydrogen) atoms. The summed E-state index contributed by atoms with van der Waals surface area (Å²) in [4.78, 5) is 26.6. The van der Waals surface area contributed by atoms with E-state index in [0.717, 1.165) is 11.3 Å². The summed E-state index contributed by atoms with van der Waals surface area (Å²) in [5, 5.41) is 4.52. The van der Waals surface area contributed by atoms with Crippen LogP contribution in [0.2, 0.25) is 0 Å². The third-order valence-corrected chi connectivity index (χ3v) is 7.47. The lowest BCUT2D eigenvalue weighted by Crippen LogP contribution is -2.43. The Bertz CT molecular complexity index is 1020. The molecule has 1 aliphatic heterocycles. The summed E-state index contributed by atoms with van der Waals surface area (Å²) < 4.78 is 33.2. The number of hydrogen-bond acceptors (Lipinski definition) is 6. The summed E-state index contributed by atoms with van der Waals surface area (Å²) in [6.45, 7) is 6.30. The van der Waals surface area contributed by atoms with Gasteiger partial charge in [0.1, 0.15) is 9.81 Å². The van der Waals surface area contributed by atoms with Crippen LogP contribution in [-0.4, -0.2) is 44.0 Å². The first kappa shape index (κ1) is 23.1. The van der Waals surface area contributed by atoms with E-state index in [-0.39, 0.29) is 22.1 Å². The molecule has 0 radical (unpaired) electrons. The first-order valence-corrected chi connectivity index (χ1v) is 12.4. The number of para-hydroxylation sites is 2. The zero-order valence-electron chi connectivity index (χ0n) is 17.8. The summed E-state index contributed by atoms with van der Waals surface area (Å²) in [5.41, 5.74) is 0.128. The van der Waals surface area contributed by atoms with Crippen molar-refractivity contribution >= 4 is 44.7 Å². The molecule has 1 aromatic heterocycles. The first-order chi connectivity index (χ1) is 14.5. The van der Waals surface area contributed by atoms with Crippen LogP contribution in [0.25, 0.3) is 0 Å². The molecule has 0 bridgehead atoms. The summed E-state index contributed by atoms with van der Waals surface area (Å²) in [5.74, 6) is -0.479. The molecule has 2 aromatic rings. The van der Waals surface area contributed by atoms with Gasteiger partial charge in [-0.1, -0.05) is 18.2 Å². The average Bonchev–Trinajstić information content (AvgIpc) is 3.24. The largest absolute Gasteiger partial charge is 0.444 e. The number of rotatable bonds is 5. The van der Waals surface area contributed by atoms with Gasteiger partial charge in [0.05, 0.1) is 11.4 Å². The van der Waals surface area contributed by atoms with Crippen LogP contribution in [0.15, 0.2) is 46.0 Å². The fourth-order valence-electron chi connectivity index (χ4n) is 3.18. The van der Waals surface area contributed by atoms with E-state index in [9.17, 15) is 18.0 Å². The van der Waals surface area contributed by atoms with Crippen molar-refractivity contribution in [2.24, 2.45) is 5.92 Å². The molecule has 1 aromatic carbocycles. The minimum absolute atomic E-state index is 0.197. The summed E-state index contributed by atoms with van der Waals surface area (Å²) in [6, 6.07) is 9.86. The minimum atomic E-state index is -3.73. The summed E-state index contributed by atoms with van der Waals surface area (Å²) in [6.07, 6.45) is 0.641. The molecule has 3 rings (SSSR count). The molecular weight excluding hydrogens is 438 g/mol. The first-order valence-electron chi connectivity index (χ1n) is 9.99. The fraction of sp³-hybridized carbons (Fsp3) is 0.429. The molecule has 0 saturated carbocycles. The molecule has 1 saturated heterocycles. The van der Waals surface area contributed by atoms with Crippen LogP contribution >= 0.6 is 11.3 Å². The van der Waals surface area contributed by atoms with E-state index in [0.29, 0.717) is 37.3 Å². The summed E-state index contributed by atoms with van der Waals surface area (Å²) >= 11 is 1.12. The van der Waals surface area contributed by atoms with Crippen molar-refractivity contribution in [2.75, 3.05) is 23.1 Å². The van der Waals surface area contributed by atoms with Crippen molar-refractivity contribution < 1.29 is 22.7 Å². The number of benzene rings is 1. The molecule has 10 heteroatoms. The topological polar surface area (TPSA) is 105 Å². The maximum Gasteiger partial charge on any atom is 0.410 e. The third kappa shape index (κ3) is 6.20. The molecule has 8 nitrogen and oxygen atoms in total. The van der Waals surface area contributed by atoms with Gasteiger partial charge >= 0.3 is 6.09 Å². The Morgan fingerprint density at radius 3 is 2.29 bits per heavy atom. The molecule has 0 aliphatic carbocycles. The van der Waals surface area contributed by atoms with Crippen LogP contribution in [0.4, 0.5) is 16.2 Å². The highest BCUT2D eigenvalue weighted by Gasteiger charge is 2.30. The second-order valence-corrected chi connectivity index (χ2v) is 11.2. The number of thiophene rings is 1. The van der Waals surface area contributed by atoms with Gasteiger partial charge in [-0.3, -0.25) is 9.52 Å². The second kappa shape index (κ2) is 9.27. The van der Waals surface area contributed by atoms with Gasteiger partial charge < -0.3 is 15.0 Å². The van der Waals surface area contributed by atoms with Crippen LogP contribution in [0, 0.1) is 5.92 Å². The van der Waals surface area contributed by atoms with E-state index in [1.807, 2.05) is 20.8 Å². The second-order valence-electron chi connectivity index (χ2n) is 8.31. The number of sulfonamides is 1. The fourth-order valence-corrected chi connectivity index (χ4v) is 5.25. The predicted octanol–water partition coefficient (Wildman–Crippen LogP) is 4.13. The number of likely N-dealkylation sites (tertiary alicyclic amines) is 1. The molecular formula is C21H27N3O5S2. The number of nitrogens with zero attached hydrogens (tertiary/aromatic N) is 1. The van der Waals surface area contributed by atoms with Crippen LogP contribution in [0.1, 0.15) is 33.6 Å². The van der Waals surface area contributed by atoms with Crippen molar-refractivity contribution in [2.45, 2.75) is 43.4 Å². The Labute approximate surface area is 186 Å².